The van der Waals surface area contributed by atoms with E-state index in [1.807, 2.05) is 12.1 Å². The molecule has 3 N–H and O–H groups in total. The summed E-state index contributed by atoms with van der Waals surface area (Å²) >= 11 is 3.39. The molecule has 0 saturated carbocycles. The van der Waals surface area contributed by atoms with Gasteiger partial charge in [-0.25, -0.2) is 0 Å². The maximum atomic E-state index is 5.63. The Morgan fingerprint density at radius 1 is 1.43 bits per heavy atom. The third kappa shape index (κ3) is 1.53. The van der Waals surface area contributed by atoms with E-state index in [0.29, 0.717) is 5.82 Å². The average Bonchev–Trinajstić information content (AvgIpc) is 2.48. The first-order valence-corrected chi connectivity index (χ1v) is 5.04. The monoisotopic (exact) mass is 251 g/mol. The van der Waals surface area contributed by atoms with Crippen molar-refractivity contribution in [3.05, 3.63) is 34.3 Å². The predicted octanol–water partition coefficient (Wildman–Crippen LogP) is 2.73. The van der Waals surface area contributed by atoms with Crippen LogP contribution in [0.1, 0.15) is 5.56 Å². The number of aromatic amines is 1. The standard InChI is InChI=1S/C10H10BrN3/c1-6-3-2-4-7(5-6)9-8(11)10(12)14-13-9/h2-5H,1H3,(H3,12,13,14). The lowest BCUT2D eigenvalue weighted by molar-refractivity contribution is 1.10. The fourth-order valence-electron chi connectivity index (χ4n) is 1.33. The van der Waals surface area contributed by atoms with Crippen molar-refractivity contribution in [3.8, 4) is 11.3 Å². The molecule has 3 nitrogen and oxygen atoms in total. The molecule has 4 heteroatoms. The number of nitrogens with zero attached hydrogens (tertiary/aromatic N) is 1. The van der Waals surface area contributed by atoms with Gasteiger partial charge in [-0.2, -0.15) is 5.10 Å². The Balaban J connectivity index is 2.55. The van der Waals surface area contributed by atoms with Crippen LogP contribution < -0.4 is 5.73 Å². The first-order valence-electron chi connectivity index (χ1n) is 4.25. The molecular weight excluding hydrogens is 242 g/mol. The summed E-state index contributed by atoms with van der Waals surface area (Å²) in [5.74, 6) is 0.488. The van der Waals surface area contributed by atoms with Crippen LogP contribution in [0, 0.1) is 6.92 Å². The van der Waals surface area contributed by atoms with Crippen LogP contribution in [0.5, 0.6) is 0 Å². The summed E-state index contributed by atoms with van der Waals surface area (Å²) in [6, 6.07) is 8.16. The molecule has 0 fully saturated rings. The zero-order valence-corrected chi connectivity index (χ0v) is 9.30. The number of nitrogen functional groups attached to an aromatic ring is 1. The van der Waals surface area contributed by atoms with Crippen LogP contribution in [0.25, 0.3) is 11.3 Å². The number of aromatic nitrogens is 2. The zero-order valence-electron chi connectivity index (χ0n) is 7.71. The van der Waals surface area contributed by atoms with Gasteiger partial charge in [-0.05, 0) is 28.9 Å². The van der Waals surface area contributed by atoms with Gasteiger partial charge in [0.2, 0.25) is 0 Å². The minimum Gasteiger partial charge on any atom is -0.381 e. The van der Waals surface area contributed by atoms with Gasteiger partial charge in [0.1, 0.15) is 0 Å². The SMILES string of the molecule is Cc1cccc(-c2[nH]nc(N)c2Br)c1. The van der Waals surface area contributed by atoms with Gasteiger partial charge in [0.05, 0.1) is 10.2 Å². The minimum absolute atomic E-state index is 0.488. The van der Waals surface area contributed by atoms with Crippen LogP contribution in [-0.4, -0.2) is 10.2 Å². The van der Waals surface area contributed by atoms with Crippen molar-refractivity contribution in [2.45, 2.75) is 6.92 Å². The molecular formula is C10H10BrN3. The Labute approximate surface area is 90.5 Å². The summed E-state index contributed by atoms with van der Waals surface area (Å²) in [5.41, 5.74) is 8.84. The van der Waals surface area contributed by atoms with Crippen molar-refractivity contribution in [1.82, 2.24) is 10.2 Å². The van der Waals surface area contributed by atoms with Crippen LogP contribution in [0.15, 0.2) is 28.7 Å². The molecule has 14 heavy (non-hydrogen) atoms. The van der Waals surface area contributed by atoms with Gasteiger partial charge in [0, 0.05) is 5.56 Å². The molecule has 0 aliphatic carbocycles. The van der Waals surface area contributed by atoms with E-state index < -0.39 is 0 Å². The van der Waals surface area contributed by atoms with Gasteiger partial charge in [-0.3, -0.25) is 5.10 Å². The number of nitrogens with two attached hydrogens (primary N) is 1. The third-order valence-electron chi connectivity index (χ3n) is 2.04. The number of nitrogens with one attached hydrogen (secondary N) is 1. The number of rotatable bonds is 1. The Morgan fingerprint density at radius 2 is 2.21 bits per heavy atom. The Hall–Kier alpha value is -1.29. The maximum Gasteiger partial charge on any atom is 0.160 e. The van der Waals surface area contributed by atoms with Crippen molar-refractivity contribution in [3.63, 3.8) is 0 Å². The quantitative estimate of drug-likeness (QED) is 0.819. The lowest BCUT2D eigenvalue weighted by Gasteiger charge is -1.99. The highest BCUT2D eigenvalue weighted by Gasteiger charge is 2.09. The second-order valence-corrected chi connectivity index (χ2v) is 3.96. The van der Waals surface area contributed by atoms with Gasteiger partial charge < -0.3 is 5.73 Å². The highest BCUT2D eigenvalue weighted by Crippen LogP contribution is 2.30. The topological polar surface area (TPSA) is 54.7 Å². The predicted molar refractivity (Wildman–Crippen MR) is 60.9 cm³/mol. The van der Waals surface area contributed by atoms with Crippen LogP contribution in [0.3, 0.4) is 0 Å². The molecule has 0 spiro atoms. The molecule has 0 unspecified atom stereocenters. The molecule has 0 amide bonds. The van der Waals surface area contributed by atoms with Gasteiger partial charge in [-0.15, -0.1) is 0 Å². The summed E-state index contributed by atoms with van der Waals surface area (Å²) in [4.78, 5) is 0. The summed E-state index contributed by atoms with van der Waals surface area (Å²) in [7, 11) is 0. The van der Waals surface area contributed by atoms with E-state index >= 15 is 0 Å². The smallest absolute Gasteiger partial charge is 0.160 e. The second kappa shape index (κ2) is 3.46. The van der Waals surface area contributed by atoms with Crippen molar-refractivity contribution in [2.75, 3.05) is 5.73 Å². The summed E-state index contributed by atoms with van der Waals surface area (Å²) in [6.07, 6.45) is 0. The van der Waals surface area contributed by atoms with E-state index in [0.717, 1.165) is 15.7 Å². The molecule has 2 rings (SSSR count). The number of halogens is 1. The van der Waals surface area contributed by atoms with Crippen molar-refractivity contribution >= 4 is 21.7 Å². The Morgan fingerprint density at radius 3 is 2.79 bits per heavy atom. The summed E-state index contributed by atoms with van der Waals surface area (Å²) in [5, 5.41) is 6.82. The Bertz CT molecular complexity index is 462. The third-order valence-corrected chi connectivity index (χ3v) is 2.84. The number of H-pyrrole nitrogens is 1. The fourth-order valence-corrected chi connectivity index (χ4v) is 1.74. The Kier molecular flexibility index (Phi) is 2.29. The number of aryl methyl sites for hydroxylation is 1. The first-order chi connectivity index (χ1) is 6.68. The maximum absolute atomic E-state index is 5.63. The van der Waals surface area contributed by atoms with E-state index in [9.17, 15) is 0 Å². The van der Waals surface area contributed by atoms with Crippen LogP contribution in [0.2, 0.25) is 0 Å². The van der Waals surface area contributed by atoms with Crippen LogP contribution in [-0.2, 0) is 0 Å². The van der Waals surface area contributed by atoms with Gasteiger partial charge in [0.15, 0.2) is 5.82 Å². The molecule has 72 valence electrons. The first kappa shape index (κ1) is 9.27. The van der Waals surface area contributed by atoms with Crippen molar-refractivity contribution in [1.29, 1.82) is 0 Å². The molecule has 0 radical (unpaired) electrons. The lowest BCUT2D eigenvalue weighted by atomic mass is 10.1. The van der Waals surface area contributed by atoms with E-state index in [1.54, 1.807) is 0 Å². The number of anilines is 1. The van der Waals surface area contributed by atoms with Crippen molar-refractivity contribution in [2.24, 2.45) is 0 Å². The summed E-state index contributed by atoms with van der Waals surface area (Å²) < 4.78 is 0.822. The normalized spacial score (nSPS) is 10.4. The molecule has 0 aliphatic heterocycles. The summed E-state index contributed by atoms with van der Waals surface area (Å²) in [6.45, 7) is 2.05. The van der Waals surface area contributed by atoms with Crippen molar-refractivity contribution < 1.29 is 0 Å². The highest BCUT2D eigenvalue weighted by molar-refractivity contribution is 9.10. The molecule has 2 aromatic rings. The molecule has 1 aromatic carbocycles. The number of benzene rings is 1. The van der Waals surface area contributed by atoms with E-state index in [2.05, 4.69) is 45.2 Å². The van der Waals surface area contributed by atoms with E-state index in [-0.39, 0.29) is 0 Å². The number of hydrogen-bond acceptors (Lipinski definition) is 2. The molecule has 0 saturated heterocycles. The van der Waals surface area contributed by atoms with E-state index in [4.69, 9.17) is 5.73 Å². The second-order valence-electron chi connectivity index (χ2n) is 3.17. The van der Waals surface area contributed by atoms with Crippen LogP contribution >= 0.6 is 15.9 Å². The average molecular weight is 252 g/mol. The molecule has 0 atom stereocenters. The molecule has 0 bridgehead atoms. The largest absolute Gasteiger partial charge is 0.381 e. The fraction of sp³-hybridized carbons (Fsp3) is 0.100. The molecule has 1 heterocycles. The molecule has 0 aliphatic rings. The lowest BCUT2D eigenvalue weighted by Crippen LogP contribution is -1.83. The van der Waals surface area contributed by atoms with Gasteiger partial charge in [0.25, 0.3) is 0 Å². The van der Waals surface area contributed by atoms with Crippen LogP contribution in [0.4, 0.5) is 5.82 Å². The zero-order chi connectivity index (χ0) is 10.1. The van der Waals surface area contributed by atoms with Gasteiger partial charge >= 0.3 is 0 Å². The van der Waals surface area contributed by atoms with Gasteiger partial charge in [-0.1, -0.05) is 23.8 Å². The molecule has 1 aromatic heterocycles. The number of hydrogen-bond donors (Lipinski definition) is 2. The minimum atomic E-state index is 0.488. The highest BCUT2D eigenvalue weighted by atomic mass is 79.9. The van der Waals surface area contributed by atoms with E-state index in [1.165, 1.54) is 5.56 Å².